The Balaban J connectivity index is 1.41. The summed E-state index contributed by atoms with van der Waals surface area (Å²) >= 11 is 0. The minimum absolute atomic E-state index is 0.0835. The van der Waals surface area contributed by atoms with Gasteiger partial charge >= 0.3 is 6.03 Å². The van der Waals surface area contributed by atoms with Gasteiger partial charge in [0.15, 0.2) is 0 Å². The molecule has 4 rings (SSSR count). The Kier molecular flexibility index (Phi) is 3.76. The van der Waals surface area contributed by atoms with Crippen LogP contribution in [0.4, 0.5) is 4.79 Å². The van der Waals surface area contributed by atoms with Crippen LogP contribution >= 0.6 is 0 Å². The summed E-state index contributed by atoms with van der Waals surface area (Å²) in [6, 6.07) is 11.4. The van der Waals surface area contributed by atoms with Crippen molar-refractivity contribution < 1.29 is 9.53 Å². The molecule has 22 heavy (non-hydrogen) atoms. The number of carbonyl (C=O) groups is 1. The topological polar surface area (TPSA) is 44.8 Å². The van der Waals surface area contributed by atoms with E-state index in [0.717, 1.165) is 39.1 Å². The number of fused-ring (bicyclic) bond motifs is 1. The minimum atomic E-state index is 0.0835. The molecule has 2 atom stereocenters. The van der Waals surface area contributed by atoms with E-state index in [0.29, 0.717) is 18.6 Å². The van der Waals surface area contributed by atoms with Gasteiger partial charge in [-0.2, -0.15) is 0 Å². The third kappa shape index (κ3) is 2.96. The highest BCUT2D eigenvalue weighted by Crippen LogP contribution is 2.25. The first-order valence-electron chi connectivity index (χ1n) is 8.24. The van der Waals surface area contributed by atoms with Gasteiger partial charge in [0.05, 0.1) is 25.3 Å². The van der Waals surface area contributed by atoms with Gasteiger partial charge in [0.2, 0.25) is 0 Å². The molecule has 1 saturated carbocycles. The first-order valence-corrected chi connectivity index (χ1v) is 8.24. The van der Waals surface area contributed by atoms with E-state index in [-0.39, 0.29) is 12.1 Å². The lowest BCUT2D eigenvalue weighted by Crippen LogP contribution is -2.50. The largest absolute Gasteiger partial charge is 0.373 e. The third-order valence-electron chi connectivity index (χ3n) is 4.84. The molecule has 118 valence electrons. The first kappa shape index (κ1) is 14.0. The molecule has 2 amide bonds. The number of likely N-dealkylation sites (tertiary alicyclic amines) is 1. The third-order valence-corrected chi connectivity index (χ3v) is 4.84. The van der Waals surface area contributed by atoms with Crippen LogP contribution in [0.3, 0.4) is 0 Å². The molecule has 1 aliphatic carbocycles. The lowest BCUT2D eigenvalue weighted by molar-refractivity contribution is -0.0503. The quantitative estimate of drug-likeness (QED) is 0.919. The van der Waals surface area contributed by atoms with E-state index in [9.17, 15) is 4.79 Å². The van der Waals surface area contributed by atoms with Crippen molar-refractivity contribution >= 4 is 6.03 Å². The summed E-state index contributed by atoms with van der Waals surface area (Å²) in [4.78, 5) is 16.6. The van der Waals surface area contributed by atoms with Crippen LogP contribution in [0.25, 0.3) is 0 Å². The van der Waals surface area contributed by atoms with E-state index < -0.39 is 0 Å². The fraction of sp³-hybridized carbons (Fsp3) is 0.588. The second-order valence-electron chi connectivity index (χ2n) is 6.56. The highest BCUT2D eigenvalue weighted by atomic mass is 16.5. The number of hydrogen-bond acceptors (Lipinski definition) is 3. The van der Waals surface area contributed by atoms with Crippen LogP contribution in [-0.4, -0.2) is 60.3 Å². The molecule has 2 aliphatic heterocycles. The molecule has 5 nitrogen and oxygen atoms in total. The average molecular weight is 301 g/mol. The number of amides is 2. The fourth-order valence-corrected chi connectivity index (χ4v) is 3.43. The van der Waals surface area contributed by atoms with E-state index in [4.69, 9.17) is 4.74 Å². The number of urea groups is 1. The average Bonchev–Trinajstić information content (AvgIpc) is 3.23. The Morgan fingerprint density at radius 1 is 1.23 bits per heavy atom. The lowest BCUT2D eigenvalue weighted by Gasteiger charge is -2.36. The number of morpholine rings is 1. The van der Waals surface area contributed by atoms with Gasteiger partial charge in [-0.3, -0.25) is 4.90 Å². The van der Waals surface area contributed by atoms with Gasteiger partial charge in [0, 0.05) is 25.7 Å². The van der Waals surface area contributed by atoms with E-state index in [1.54, 1.807) is 0 Å². The Morgan fingerprint density at radius 3 is 2.82 bits per heavy atom. The van der Waals surface area contributed by atoms with Crippen molar-refractivity contribution in [3.05, 3.63) is 35.9 Å². The summed E-state index contributed by atoms with van der Waals surface area (Å²) in [5.41, 5.74) is 1.32. The Labute approximate surface area is 131 Å². The molecule has 3 fully saturated rings. The molecule has 0 radical (unpaired) electrons. The van der Waals surface area contributed by atoms with E-state index >= 15 is 0 Å². The molecule has 2 saturated heterocycles. The van der Waals surface area contributed by atoms with Crippen LogP contribution in [0.15, 0.2) is 30.3 Å². The van der Waals surface area contributed by atoms with E-state index in [1.165, 1.54) is 5.56 Å². The number of nitrogens with zero attached hydrogens (tertiary/aromatic N) is 2. The van der Waals surface area contributed by atoms with Crippen molar-refractivity contribution in [2.75, 3.05) is 26.2 Å². The van der Waals surface area contributed by atoms with Crippen molar-refractivity contribution in [3.63, 3.8) is 0 Å². The predicted molar refractivity (Wildman–Crippen MR) is 83.5 cm³/mol. The van der Waals surface area contributed by atoms with Crippen LogP contribution < -0.4 is 5.32 Å². The Bertz CT molecular complexity index is 532. The summed E-state index contributed by atoms with van der Waals surface area (Å²) in [5, 5.41) is 3.08. The zero-order chi connectivity index (χ0) is 14.9. The molecule has 1 aromatic rings. The van der Waals surface area contributed by atoms with E-state index in [1.807, 2.05) is 11.0 Å². The Morgan fingerprint density at radius 2 is 2.05 bits per heavy atom. The highest BCUT2D eigenvalue weighted by molar-refractivity contribution is 5.75. The van der Waals surface area contributed by atoms with Crippen LogP contribution in [0.2, 0.25) is 0 Å². The SMILES string of the molecule is O=C(NC1CC1)N1C[C@@H]2OCCN(Cc3ccccc3)[C@H]2C1. The predicted octanol–water partition coefficient (Wildman–Crippen LogP) is 1.44. The van der Waals surface area contributed by atoms with Gasteiger partial charge < -0.3 is 15.0 Å². The number of nitrogens with one attached hydrogen (secondary N) is 1. The van der Waals surface area contributed by atoms with Gasteiger partial charge in [-0.15, -0.1) is 0 Å². The summed E-state index contributed by atoms with van der Waals surface area (Å²) in [5.74, 6) is 0. The van der Waals surface area contributed by atoms with Crippen molar-refractivity contribution in [1.82, 2.24) is 15.1 Å². The van der Waals surface area contributed by atoms with Crippen molar-refractivity contribution in [2.45, 2.75) is 37.6 Å². The summed E-state index contributed by atoms with van der Waals surface area (Å²) < 4.78 is 5.91. The van der Waals surface area contributed by atoms with Crippen molar-refractivity contribution in [1.29, 1.82) is 0 Å². The Hall–Kier alpha value is -1.59. The van der Waals surface area contributed by atoms with Crippen LogP contribution in [0.1, 0.15) is 18.4 Å². The number of carbonyl (C=O) groups excluding carboxylic acids is 1. The zero-order valence-corrected chi connectivity index (χ0v) is 12.8. The molecule has 1 N–H and O–H groups in total. The van der Waals surface area contributed by atoms with Gasteiger partial charge in [0.25, 0.3) is 0 Å². The summed E-state index contributed by atoms with van der Waals surface area (Å²) in [7, 11) is 0. The van der Waals surface area contributed by atoms with Crippen LogP contribution in [0.5, 0.6) is 0 Å². The van der Waals surface area contributed by atoms with Gasteiger partial charge in [-0.1, -0.05) is 30.3 Å². The molecular weight excluding hydrogens is 278 g/mol. The molecular formula is C17H23N3O2. The minimum Gasteiger partial charge on any atom is -0.373 e. The number of ether oxygens (including phenoxy) is 1. The lowest BCUT2D eigenvalue weighted by atomic mass is 10.1. The van der Waals surface area contributed by atoms with Crippen LogP contribution in [0, 0.1) is 0 Å². The second kappa shape index (κ2) is 5.89. The molecule has 0 unspecified atom stereocenters. The van der Waals surface area contributed by atoms with E-state index in [2.05, 4.69) is 34.5 Å². The maximum Gasteiger partial charge on any atom is 0.317 e. The first-order chi connectivity index (χ1) is 10.8. The molecule has 0 bridgehead atoms. The smallest absolute Gasteiger partial charge is 0.317 e. The maximum atomic E-state index is 12.2. The van der Waals surface area contributed by atoms with Gasteiger partial charge in [-0.25, -0.2) is 4.79 Å². The molecule has 0 aromatic heterocycles. The second-order valence-corrected chi connectivity index (χ2v) is 6.56. The van der Waals surface area contributed by atoms with Crippen molar-refractivity contribution in [3.8, 4) is 0 Å². The molecule has 3 aliphatic rings. The highest BCUT2D eigenvalue weighted by Gasteiger charge is 2.42. The molecule has 2 heterocycles. The summed E-state index contributed by atoms with van der Waals surface area (Å²) in [6.45, 7) is 4.12. The molecule has 1 aromatic carbocycles. The fourth-order valence-electron chi connectivity index (χ4n) is 3.43. The van der Waals surface area contributed by atoms with Gasteiger partial charge in [0.1, 0.15) is 0 Å². The summed E-state index contributed by atoms with van der Waals surface area (Å²) in [6.07, 6.45) is 2.41. The standard InChI is InChI=1S/C17H23N3O2/c21-17(18-14-6-7-14)20-11-15-16(12-20)22-9-8-19(15)10-13-4-2-1-3-5-13/h1-5,14-16H,6-12H2,(H,18,21)/t15-,16-/m0/s1. The zero-order valence-electron chi connectivity index (χ0n) is 12.8. The number of hydrogen-bond donors (Lipinski definition) is 1. The molecule has 0 spiro atoms. The van der Waals surface area contributed by atoms with Crippen LogP contribution in [-0.2, 0) is 11.3 Å². The van der Waals surface area contributed by atoms with Crippen molar-refractivity contribution in [2.24, 2.45) is 0 Å². The normalized spacial score (nSPS) is 28.5. The maximum absolute atomic E-state index is 12.2. The monoisotopic (exact) mass is 301 g/mol. The molecule has 5 heteroatoms. The van der Waals surface area contributed by atoms with Gasteiger partial charge in [-0.05, 0) is 18.4 Å². The number of benzene rings is 1. The number of rotatable bonds is 3.